The second-order valence-corrected chi connectivity index (χ2v) is 3.87. The van der Waals surface area contributed by atoms with Gasteiger partial charge in [-0.1, -0.05) is 13.3 Å². The summed E-state index contributed by atoms with van der Waals surface area (Å²) in [5, 5.41) is 0. The summed E-state index contributed by atoms with van der Waals surface area (Å²) in [5.41, 5.74) is 1.78. The molecule has 4 heteroatoms. The van der Waals surface area contributed by atoms with Crippen molar-refractivity contribution in [3.05, 3.63) is 17.2 Å². The molecule has 78 valence electrons. The Bertz CT molecular complexity index is 320. The van der Waals surface area contributed by atoms with Gasteiger partial charge in [0.1, 0.15) is 0 Å². The zero-order valence-electron chi connectivity index (χ0n) is 8.19. The summed E-state index contributed by atoms with van der Waals surface area (Å²) in [6.07, 6.45) is 1.45. The van der Waals surface area contributed by atoms with Crippen molar-refractivity contribution in [3.8, 4) is 0 Å². The molecule has 1 aliphatic carbocycles. The van der Waals surface area contributed by atoms with E-state index in [9.17, 15) is 8.78 Å². The van der Waals surface area contributed by atoms with Crippen LogP contribution in [-0.2, 0) is 12.8 Å². The van der Waals surface area contributed by atoms with Crippen molar-refractivity contribution < 1.29 is 8.78 Å². The number of nitrogens with one attached hydrogen (secondary N) is 1. The highest BCUT2D eigenvalue weighted by Crippen LogP contribution is 2.27. The molecular weight excluding hydrogens is 186 g/mol. The number of rotatable bonds is 2. The molecule has 0 aromatic carbocycles. The number of aromatic nitrogens is 2. The van der Waals surface area contributed by atoms with E-state index in [2.05, 4.69) is 16.9 Å². The minimum absolute atomic E-state index is 0.160. The van der Waals surface area contributed by atoms with Crippen LogP contribution in [0.4, 0.5) is 8.78 Å². The molecule has 0 saturated carbocycles. The summed E-state index contributed by atoms with van der Waals surface area (Å²) in [4.78, 5) is 6.65. The van der Waals surface area contributed by atoms with Crippen LogP contribution < -0.4 is 0 Å². The van der Waals surface area contributed by atoms with Crippen LogP contribution in [0.15, 0.2) is 0 Å². The minimum atomic E-state index is -2.47. The molecule has 1 atom stereocenters. The summed E-state index contributed by atoms with van der Waals surface area (Å²) in [5.74, 6) is 0.472. The maximum atomic E-state index is 12.3. The molecule has 1 aromatic heterocycles. The molecule has 0 radical (unpaired) electrons. The maximum absolute atomic E-state index is 12.3. The van der Waals surface area contributed by atoms with Gasteiger partial charge in [0.15, 0.2) is 5.82 Å². The smallest absolute Gasteiger partial charge is 0.295 e. The fraction of sp³-hybridized carbons (Fsp3) is 0.700. The van der Waals surface area contributed by atoms with Gasteiger partial charge in [-0.2, -0.15) is 0 Å². The summed E-state index contributed by atoms with van der Waals surface area (Å²) in [6.45, 7) is 2.14. The topological polar surface area (TPSA) is 28.7 Å². The number of halogens is 2. The molecule has 0 amide bonds. The van der Waals surface area contributed by atoms with Crippen LogP contribution in [0.1, 0.15) is 43.4 Å². The number of imidazole rings is 1. The van der Waals surface area contributed by atoms with Crippen molar-refractivity contribution in [1.82, 2.24) is 9.97 Å². The molecule has 1 aliphatic rings. The molecule has 14 heavy (non-hydrogen) atoms. The van der Waals surface area contributed by atoms with Gasteiger partial charge in [0, 0.05) is 5.69 Å². The van der Waals surface area contributed by atoms with Gasteiger partial charge >= 0.3 is 0 Å². The quantitative estimate of drug-likeness (QED) is 0.781. The Morgan fingerprint density at radius 2 is 2.36 bits per heavy atom. The number of H-pyrrole nitrogens is 1. The summed E-state index contributed by atoms with van der Waals surface area (Å²) < 4.78 is 24.7. The second-order valence-electron chi connectivity index (χ2n) is 3.87. The van der Waals surface area contributed by atoms with Crippen LogP contribution in [0.5, 0.6) is 0 Å². The first-order chi connectivity index (χ1) is 6.70. The van der Waals surface area contributed by atoms with Gasteiger partial charge in [0.05, 0.1) is 5.69 Å². The van der Waals surface area contributed by atoms with E-state index in [0.29, 0.717) is 5.92 Å². The highest BCUT2D eigenvalue weighted by atomic mass is 19.3. The van der Waals surface area contributed by atoms with Crippen molar-refractivity contribution in [2.75, 3.05) is 0 Å². The lowest BCUT2D eigenvalue weighted by atomic mass is 9.88. The lowest BCUT2D eigenvalue weighted by molar-refractivity contribution is 0.141. The van der Waals surface area contributed by atoms with Crippen molar-refractivity contribution in [1.29, 1.82) is 0 Å². The monoisotopic (exact) mass is 200 g/mol. The van der Waals surface area contributed by atoms with Gasteiger partial charge in [-0.3, -0.25) is 0 Å². The summed E-state index contributed by atoms with van der Waals surface area (Å²) >= 11 is 0. The number of aryl methyl sites for hydroxylation is 1. The van der Waals surface area contributed by atoms with E-state index >= 15 is 0 Å². The third kappa shape index (κ3) is 1.65. The van der Waals surface area contributed by atoms with Crippen LogP contribution in [-0.4, -0.2) is 9.97 Å². The van der Waals surface area contributed by atoms with Crippen molar-refractivity contribution in [2.24, 2.45) is 5.92 Å². The van der Waals surface area contributed by atoms with Crippen molar-refractivity contribution in [2.45, 2.75) is 39.0 Å². The molecule has 2 rings (SSSR count). The van der Waals surface area contributed by atoms with E-state index in [1.165, 1.54) is 0 Å². The van der Waals surface area contributed by atoms with Crippen LogP contribution in [0.25, 0.3) is 0 Å². The van der Waals surface area contributed by atoms with E-state index in [4.69, 9.17) is 0 Å². The fourth-order valence-corrected chi connectivity index (χ4v) is 2.03. The summed E-state index contributed by atoms with van der Waals surface area (Å²) in [7, 11) is 0. The first kappa shape index (κ1) is 9.62. The molecule has 0 saturated heterocycles. The minimum Gasteiger partial charge on any atom is -0.341 e. The highest BCUT2D eigenvalue weighted by Gasteiger charge is 2.23. The number of fused-ring (bicyclic) bond motifs is 1. The normalized spacial score (nSPS) is 21.3. The molecule has 1 N–H and O–H groups in total. The van der Waals surface area contributed by atoms with Gasteiger partial charge in [0.2, 0.25) is 0 Å². The first-order valence-electron chi connectivity index (χ1n) is 5.06. The van der Waals surface area contributed by atoms with E-state index in [1.807, 2.05) is 0 Å². The Kier molecular flexibility index (Phi) is 2.52. The predicted molar refractivity (Wildman–Crippen MR) is 49.4 cm³/mol. The average Bonchev–Trinajstić information content (AvgIpc) is 2.59. The Balaban J connectivity index is 2.21. The van der Waals surface area contributed by atoms with Gasteiger partial charge in [-0.25, -0.2) is 13.8 Å². The SMILES string of the molecule is CCC1CCc2nc(C(F)F)[nH]c2C1. The Hall–Kier alpha value is -0.930. The molecule has 0 spiro atoms. The standard InChI is InChI=1S/C10H14F2N2/c1-2-6-3-4-7-8(5-6)14-10(13-7)9(11)12/h6,9H,2-5H2,1H3,(H,13,14). The molecular formula is C10H14F2N2. The Labute approximate surface area is 81.7 Å². The van der Waals surface area contributed by atoms with E-state index < -0.39 is 6.43 Å². The Morgan fingerprint density at radius 3 is 3.00 bits per heavy atom. The maximum Gasteiger partial charge on any atom is 0.295 e. The number of aromatic amines is 1. The third-order valence-corrected chi connectivity index (χ3v) is 2.95. The molecule has 1 unspecified atom stereocenters. The van der Waals surface area contributed by atoms with Crippen molar-refractivity contribution >= 4 is 0 Å². The van der Waals surface area contributed by atoms with Crippen LogP contribution in [0, 0.1) is 5.92 Å². The fourth-order valence-electron chi connectivity index (χ4n) is 2.03. The number of nitrogens with zero attached hydrogens (tertiary/aromatic N) is 1. The highest BCUT2D eigenvalue weighted by molar-refractivity contribution is 5.19. The second kappa shape index (κ2) is 3.67. The molecule has 2 nitrogen and oxygen atoms in total. The lowest BCUT2D eigenvalue weighted by Crippen LogP contribution is -2.12. The molecule has 0 fully saturated rings. The number of alkyl halides is 2. The molecule has 0 bridgehead atoms. The third-order valence-electron chi connectivity index (χ3n) is 2.95. The van der Waals surface area contributed by atoms with E-state index in [-0.39, 0.29) is 5.82 Å². The van der Waals surface area contributed by atoms with Crippen LogP contribution in [0.3, 0.4) is 0 Å². The van der Waals surface area contributed by atoms with Crippen molar-refractivity contribution in [3.63, 3.8) is 0 Å². The largest absolute Gasteiger partial charge is 0.341 e. The van der Waals surface area contributed by atoms with Crippen LogP contribution >= 0.6 is 0 Å². The van der Waals surface area contributed by atoms with Gasteiger partial charge in [-0.05, 0) is 25.2 Å². The average molecular weight is 200 g/mol. The van der Waals surface area contributed by atoms with Gasteiger partial charge < -0.3 is 4.98 Å². The zero-order chi connectivity index (χ0) is 10.1. The number of hydrogen-bond donors (Lipinski definition) is 1. The molecule has 1 aromatic rings. The van der Waals surface area contributed by atoms with E-state index in [0.717, 1.165) is 37.1 Å². The van der Waals surface area contributed by atoms with Crippen LogP contribution in [0.2, 0.25) is 0 Å². The Morgan fingerprint density at radius 1 is 1.57 bits per heavy atom. The predicted octanol–water partition coefficient (Wildman–Crippen LogP) is 2.86. The zero-order valence-corrected chi connectivity index (χ0v) is 8.19. The van der Waals surface area contributed by atoms with Gasteiger partial charge in [0.25, 0.3) is 6.43 Å². The van der Waals surface area contributed by atoms with E-state index in [1.54, 1.807) is 0 Å². The molecule has 1 heterocycles. The molecule has 0 aliphatic heterocycles. The number of hydrogen-bond acceptors (Lipinski definition) is 1. The van der Waals surface area contributed by atoms with Gasteiger partial charge in [-0.15, -0.1) is 0 Å². The lowest BCUT2D eigenvalue weighted by Gasteiger charge is -2.18. The first-order valence-corrected chi connectivity index (χ1v) is 5.06. The summed E-state index contributed by atoms with van der Waals surface area (Å²) in [6, 6.07) is 0.